The van der Waals surface area contributed by atoms with Crippen LogP contribution in [0.2, 0.25) is 5.02 Å². The zero-order valence-electron chi connectivity index (χ0n) is 19.5. The first-order chi connectivity index (χ1) is 15.1. The molecular formula is C24H35ClN2O4S. The van der Waals surface area contributed by atoms with Crippen molar-refractivity contribution in [3.05, 3.63) is 64.7 Å². The fourth-order valence-corrected chi connectivity index (χ4v) is 4.96. The number of hydrogen-bond donors (Lipinski definition) is 1. The summed E-state index contributed by atoms with van der Waals surface area (Å²) < 4.78 is 33.0. The fourth-order valence-electron chi connectivity index (χ4n) is 3.58. The van der Waals surface area contributed by atoms with Gasteiger partial charge in [-0.1, -0.05) is 54.4 Å². The van der Waals surface area contributed by atoms with Gasteiger partial charge in [0, 0.05) is 44.9 Å². The molecule has 178 valence electrons. The van der Waals surface area contributed by atoms with Crippen molar-refractivity contribution < 1.29 is 18.3 Å². The molecule has 0 bridgehead atoms. The van der Waals surface area contributed by atoms with Gasteiger partial charge in [-0.3, -0.25) is 4.90 Å². The second-order valence-corrected chi connectivity index (χ2v) is 10.9. The number of benzene rings is 2. The molecule has 2 aromatic carbocycles. The number of aliphatic hydroxyl groups is 1. The molecule has 0 saturated carbocycles. The molecule has 0 aliphatic carbocycles. The number of aliphatic hydroxyl groups excluding tert-OH is 1. The number of ether oxygens (including phenoxy) is 1. The number of rotatable bonds is 12. The zero-order valence-corrected chi connectivity index (χ0v) is 21.1. The van der Waals surface area contributed by atoms with Gasteiger partial charge in [0.2, 0.25) is 10.0 Å². The number of likely N-dealkylation sites (N-methyl/N-ethyl adjacent to an activating group) is 1. The van der Waals surface area contributed by atoms with Crippen molar-refractivity contribution in [2.24, 2.45) is 5.92 Å². The van der Waals surface area contributed by atoms with Crippen LogP contribution in [-0.4, -0.2) is 68.7 Å². The predicted molar refractivity (Wildman–Crippen MR) is 129 cm³/mol. The van der Waals surface area contributed by atoms with E-state index in [1.54, 1.807) is 38.4 Å². The third kappa shape index (κ3) is 7.01. The maximum Gasteiger partial charge on any atom is 0.242 e. The Kier molecular flexibility index (Phi) is 10.1. The molecule has 8 heteroatoms. The first-order valence-corrected chi connectivity index (χ1v) is 12.6. The molecule has 32 heavy (non-hydrogen) atoms. The van der Waals surface area contributed by atoms with E-state index in [9.17, 15) is 13.5 Å². The number of sulfonamides is 1. The minimum Gasteiger partial charge on any atom is -0.395 e. The molecule has 0 unspecified atom stereocenters. The summed E-state index contributed by atoms with van der Waals surface area (Å²) in [5.74, 6) is 0.00663. The Balaban J connectivity index is 2.12. The number of methoxy groups -OCH3 is 1. The van der Waals surface area contributed by atoms with Gasteiger partial charge in [-0.2, -0.15) is 4.31 Å². The highest BCUT2D eigenvalue weighted by molar-refractivity contribution is 7.89. The molecule has 0 saturated heterocycles. The fraction of sp³-hybridized carbons (Fsp3) is 0.500. The van der Waals surface area contributed by atoms with E-state index in [0.29, 0.717) is 18.1 Å². The summed E-state index contributed by atoms with van der Waals surface area (Å²) in [5, 5.41) is 10.4. The van der Waals surface area contributed by atoms with Crippen molar-refractivity contribution in [3.8, 4) is 0 Å². The molecular weight excluding hydrogens is 448 g/mol. The van der Waals surface area contributed by atoms with Gasteiger partial charge >= 0.3 is 0 Å². The van der Waals surface area contributed by atoms with Crippen molar-refractivity contribution in [2.75, 3.05) is 33.9 Å². The average molecular weight is 483 g/mol. The molecule has 0 radical (unpaired) electrons. The molecule has 0 spiro atoms. The van der Waals surface area contributed by atoms with Crippen molar-refractivity contribution in [2.45, 2.75) is 44.4 Å². The van der Waals surface area contributed by atoms with Crippen LogP contribution in [-0.2, 0) is 21.3 Å². The van der Waals surface area contributed by atoms with Crippen LogP contribution in [0.15, 0.2) is 53.4 Å². The molecule has 0 heterocycles. The van der Waals surface area contributed by atoms with Gasteiger partial charge in [0.15, 0.2) is 0 Å². The number of nitrogens with zero attached hydrogens (tertiary/aromatic N) is 2. The largest absolute Gasteiger partial charge is 0.395 e. The Hall–Kier alpha value is -1.48. The Bertz CT molecular complexity index is 953. The molecule has 3 atom stereocenters. The molecule has 0 fully saturated rings. The molecule has 0 aromatic heterocycles. The quantitative estimate of drug-likeness (QED) is 0.498. The zero-order chi connectivity index (χ0) is 23.9. The predicted octanol–water partition coefficient (Wildman–Crippen LogP) is 3.80. The van der Waals surface area contributed by atoms with Crippen molar-refractivity contribution in [3.63, 3.8) is 0 Å². The summed E-state index contributed by atoms with van der Waals surface area (Å²) in [4.78, 5) is 2.41. The third-order valence-corrected chi connectivity index (χ3v) is 8.05. The van der Waals surface area contributed by atoms with Gasteiger partial charge in [-0.05, 0) is 43.5 Å². The molecule has 0 aliphatic heterocycles. The Morgan fingerprint density at radius 1 is 1.06 bits per heavy atom. The minimum atomic E-state index is -3.62. The lowest BCUT2D eigenvalue weighted by atomic mass is 10.0. The molecule has 0 amide bonds. The van der Waals surface area contributed by atoms with Gasteiger partial charge in [0.25, 0.3) is 0 Å². The standard InChI is InChI=1S/C24H35ClN2O4S/c1-18-10-12-22(13-11-18)32(29,30)26(4)16-24(31-5)19(2)14-27(20(3)17-28)15-21-8-6-7-9-23(21)25/h6-13,19-20,24,28H,14-17H2,1-5H3/t19-,20+,24+/m0/s1. The SMILES string of the molecule is CO[C@H](CN(C)S(=O)(=O)c1ccc(C)cc1)[C@@H](C)CN(Cc1ccccc1Cl)[C@H](C)CO. The molecule has 2 rings (SSSR count). The second-order valence-electron chi connectivity index (χ2n) is 8.40. The van der Waals surface area contributed by atoms with Crippen LogP contribution < -0.4 is 0 Å². The van der Waals surface area contributed by atoms with Crippen molar-refractivity contribution in [1.82, 2.24) is 9.21 Å². The van der Waals surface area contributed by atoms with Gasteiger partial charge < -0.3 is 9.84 Å². The van der Waals surface area contributed by atoms with Gasteiger partial charge in [-0.15, -0.1) is 0 Å². The van der Waals surface area contributed by atoms with Gasteiger partial charge in [0.05, 0.1) is 17.6 Å². The number of hydrogen-bond acceptors (Lipinski definition) is 5. The van der Waals surface area contributed by atoms with Gasteiger partial charge in [0.1, 0.15) is 0 Å². The van der Waals surface area contributed by atoms with E-state index in [2.05, 4.69) is 4.90 Å². The van der Waals surface area contributed by atoms with Crippen LogP contribution >= 0.6 is 11.6 Å². The monoisotopic (exact) mass is 482 g/mol. The van der Waals surface area contributed by atoms with Crippen LogP contribution in [0.4, 0.5) is 0 Å². The van der Waals surface area contributed by atoms with Crippen LogP contribution in [0.5, 0.6) is 0 Å². The lowest BCUT2D eigenvalue weighted by Crippen LogP contribution is -2.44. The van der Waals surface area contributed by atoms with Crippen molar-refractivity contribution in [1.29, 1.82) is 0 Å². The first kappa shape index (κ1) is 26.8. The van der Waals surface area contributed by atoms with Crippen LogP contribution in [0.3, 0.4) is 0 Å². The van der Waals surface area contributed by atoms with Crippen molar-refractivity contribution >= 4 is 21.6 Å². The molecule has 1 N–H and O–H groups in total. The average Bonchev–Trinajstić information content (AvgIpc) is 2.77. The smallest absolute Gasteiger partial charge is 0.242 e. The third-order valence-electron chi connectivity index (χ3n) is 5.84. The highest BCUT2D eigenvalue weighted by Gasteiger charge is 2.28. The highest BCUT2D eigenvalue weighted by Crippen LogP contribution is 2.22. The summed E-state index contributed by atoms with van der Waals surface area (Å²) in [5.41, 5.74) is 1.99. The second kappa shape index (κ2) is 12.1. The van der Waals surface area contributed by atoms with E-state index in [1.165, 1.54) is 4.31 Å². The van der Waals surface area contributed by atoms with E-state index in [4.69, 9.17) is 16.3 Å². The highest BCUT2D eigenvalue weighted by atomic mass is 35.5. The molecule has 2 aromatic rings. The van der Waals surface area contributed by atoms with E-state index in [1.807, 2.05) is 45.0 Å². The van der Waals surface area contributed by atoms with E-state index in [0.717, 1.165) is 11.1 Å². The molecule has 0 aliphatic rings. The summed E-state index contributed by atoms with van der Waals surface area (Å²) in [6.45, 7) is 7.34. The number of halogens is 1. The number of aryl methyl sites for hydroxylation is 1. The Morgan fingerprint density at radius 3 is 2.25 bits per heavy atom. The Morgan fingerprint density at radius 2 is 1.69 bits per heavy atom. The van der Waals surface area contributed by atoms with E-state index >= 15 is 0 Å². The van der Waals surface area contributed by atoms with Crippen LogP contribution in [0, 0.1) is 12.8 Å². The normalized spacial score (nSPS) is 15.2. The summed E-state index contributed by atoms with van der Waals surface area (Å²) in [6.07, 6.45) is -0.320. The summed E-state index contributed by atoms with van der Waals surface area (Å²) >= 11 is 6.34. The summed E-state index contributed by atoms with van der Waals surface area (Å²) in [7, 11) is -0.442. The maximum atomic E-state index is 13.0. The van der Waals surface area contributed by atoms with Gasteiger partial charge in [-0.25, -0.2) is 8.42 Å². The summed E-state index contributed by atoms with van der Waals surface area (Å²) in [6, 6.07) is 14.4. The maximum absolute atomic E-state index is 13.0. The lowest BCUT2D eigenvalue weighted by molar-refractivity contribution is 0.0194. The van der Waals surface area contributed by atoms with E-state index in [-0.39, 0.29) is 36.1 Å². The van der Waals surface area contributed by atoms with Crippen LogP contribution in [0.25, 0.3) is 0 Å². The van der Waals surface area contributed by atoms with E-state index < -0.39 is 10.0 Å². The Labute approximate surface area is 197 Å². The lowest BCUT2D eigenvalue weighted by Gasteiger charge is -2.34. The molecule has 6 nitrogen and oxygen atoms in total. The first-order valence-electron chi connectivity index (χ1n) is 10.7. The topological polar surface area (TPSA) is 70.1 Å². The minimum absolute atomic E-state index is 0.00663. The van der Waals surface area contributed by atoms with Crippen LogP contribution in [0.1, 0.15) is 25.0 Å².